The number of aromatic nitrogens is 4. The van der Waals surface area contributed by atoms with E-state index in [0.29, 0.717) is 18.7 Å². The Labute approximate surface area is 156 Å². The number of carbonyl (C=O) groups is 2. The highest BCUT2D eigenvalue weighted by atomic mass is 16.2. The van der Waals surface area contributed by atoms with Crippen molar-refractivity contribution < 1.29 is 9.59 Å². The molecular formula is C19H20N6O2. The van der Waals surface area contributed by atoms with E-state index in [-0.39, 0.29) is 17.5 Å². The van der Waals surface area contributed by atoms with Crippen LogP contribution in [0.5, 0.6) is 0 Å². The van der Waals surface area contributed by atoms with Crippen molar-refractivity contribution in [3.05, 3.63) is 47.9 Å². The molecule has 3 aromatic rings. The molecule has 27 heavy (non-hydrogen) atoms. The van der Waals surface area contributed by atoms with E-state index in [0.717, 1.165) is 29.4 Å². The van der Waals surface area contributed by atoms with Gasteiger partial charge in [0.05, 0.1) is 16.9 Å². The average molecular weight is 364 g/mol. The molecule has 0 unspecified atom stereocenters. The maximum atomic E-state index is 12.6. The van der Waals surface area contributed by atoms with Gasteiger partial charge in [0.1, 0.15) is 6.04 Å². The molecule has 0 aliphatic carbocycles. The Morgan fingerprint density at radius 3 is 3.07 bits per heavy atom. The zero-order chi connectivity index (χ0) is 18.8. The van der Waals surface area contributed by atoms with Crippen LogP contribution < -0.4 is 10.6 Å². The lowest BCUT2D eigenvalue weighted by Gasteiger charge is -2.14. The number of amides is 2. The molecular weight excluding hydrogens is 344 g/mol. The van der Waals surface area contributed by atoms with Crippen molar-refractivity contribution in [2.75, 3.05) is 6.54 Å². The third-order valence-electron chi connectivity index (χ3n) is 4.78. The van der Waals surface area contributed by atoms with E-state index in [1.165, 1.54) is 0 Å². The Hall–Kier alpha value is -3.29. The zero-order valence-electron chi connectivity index (χ0n) is 15.0. The van der Waals surface area contributed by atoms with Crippen molar-refractivity contribution in [2.24, 2.45) is 0 Å². The lowest BCUT2D eigenvalue weighted by Crippen LogP contribution is -2.45. The Bertz CT molecular complexity index is 1010. The first kappa shape index (κ1) is 17.1. The molecule has 1 aromatic carbocycles. The van der Waals surface area contributed by atoms with Crippen molar-refractivity contribution in [3.63, 3.8) is 0 Å². The Balaban J connectivity index is 1.59. The highest BCUT2D eigenvalue weighted by molar-refractivity contribution is 5.97. The van der Waals surface area contributed by atoms with E-state index >= 15 is 0 Å². The van der Waals surface area contributed by atoms with E-state index in [2.05, 4.69) is 25.9 Å². The van der Waals surface area contributed by atoms with Gasteiger partial charge in [0.2, 0.25) is 5.91 Å². The average Bonchev–Trinajstić information content (AvgIpc) is 2.96. The van der Waals surface area contributed by atoms with Crippen molar-refractivity contribution in [3.8, 4) is 5.69 Å². The summed E-state index contributed by atoms with van der Waals surface area (Å²) in [6.07, 6.45) is 4.18. The van der Waals surface area contributed by atoms with Gasteiger partial charge >= 0.3 is 0 Å². The minimum atomic E-state index is -0.531. The molecule has 1 atom stereocenters. The lowest BCUT2D eigenvalue weighted by atomic mass is 10.1. The number of hydrogen-bond donors (Lipinski definition) is 2. The first-order valence-electron chi connectivity index (χ1n) is 8.99. The Morgan fingerprint density at radius 2 is 2.19 bits per heavy atom. The predicted octanol–water partition coefficient (Wildman–Crippen LogP) is 1.52. The SMILES string of the molecule is Cc1c(C(=O)N[C@H]2CCCCNC2=O)nnn1-c1ccc2ncccc2c1. The second kappa shape index (κ2) is 7.14. The highest BCUT2D eigenvalue weighted by Gasteiger charge is 2.25. The van der Waals surface area contributed by atoms with Crippen molar-refractivity contribution >= 4 is 22.7 Å². The molecule has 1 fully saturated rings. The molecule has 0 bridgehead atoms. The van der Waals surface area contributed by atoms with Crippen molar-refractivity contribution in [1.29, 1.82) is 0 Å². The largest absolute Gasteiger partial charge is 0.354 e. The fourth-order valence-electron chi connectivity index (χ4n) is 3.28. The minimum Gasteiger partial charge on any atom is -0.354 e. The van der Waals surface area contributed by atoms with E-state index in [1.54, 1.807) is 17.8 Å². The highest BCUT2D eigenvalue weighted by Crippen LogP contribution is 2.18. The van der Waals surface area contributed by atoms with Crippen LogP contribution in [-0.4, -0.2) is 44.4 Å². The molecule has 2 N–H and O–H groups in total. The number of pyridine rings is 1. The quantitative estimate of drug-likeness (QED) is 0.734. The second-order valence-corrected chi connectivity index (χ2v) is 6.63. The number of carbonyl (C=O) groups excluding carboxylic acids is 2. The number of hydrogen-bond acceptors (Lipinski definition) is 5. The van der Waals surface area contributed by atoms with Crippen LogP contribution in [0.25, 0.3) is 16.6 Å². The van der Waals surface area contributed by atoms with E-state index in [9.17, 15) is 9.59 Å². The molecule has 4 rings (SSSR count). The van der Waals surface area contributed by atoms with Crippen LogP contribution in [0.4, 0.5) is 0 Å². The van der Waals surface area contributed by atoms with Crippen molar-refractivity contribution in [1.82, 2.24) is 30.6 Å². The van der Waals surface area contributed by atoms with Gasteiger partial charge in [-0.3, -0.25) is 14.6 Å². The van der Waals surface area contributed by atoms with Crippen LogP contribution in [0.3, 0.4) is 0 Å². The van der Waals surface area contributed by atoms with E-state index < -0.39 is 6.04 Å². The standard InChI is InChI=1S/C19H20N6O2/c1-12-17(19(27)22-16-6-2-3-9-21-18(16)26)23-24-25(12)14-7-8-15-13(11-14)5-4-10-20-15/h4-5,7-8,10-11,16H,2-3,6,9H2,1H3,(H,21,26)(H,22,27)/t16-/m0/s1. The molecule has 3 heterocycles. The molecule has 1 aliphatic rings. The number of nitrogens with zero attached hydrogens (tertiary/aromatic N) is 4. The predicted molar refractivity (Wildman–Crippen MR) is 99.5 cm³/mol. The first-order chi connectivity index (χ1) is 13.1. The van der Waals surface area contributed by atoms with Gasteiger partial charge in [0, 0.05) is 18.1 Å². The van der Waals surface area contributed by atoms with Gasteiger partial charge in [-0.2, -0.15) is 0 Å². The summed E-state index contributed by atoms with van der Waals surface area (Å²) in [4.78, 5) is 29.0. The second-order valence-electron chi connectivity index (χ2n) is 6.63. The number of rotatable bonds is 3. The normalized spacial score (nSPS) is 17.4. The molecule has 0 radical (unpaired) electrons. The van der Waals surface area contributed by atoms with E-state index in [1.807, 2.05) is 30.3 Å². The van der Waals surface area contributed by atoms with Gasteiger partial charge in [0.15, 0.2) is 5.69 Å². The lowest BCUT2D eigenvalue weighted by molar-refractivity contribution is -0.122. The summed E-state index contributed by atoms with van der Waals surface area (Å²) in [5, 5.41) is 14.7. The maximum absolute atomic E-state index is 12.6. The summed E-state index contributed by atoms with van der Waals surface area (Å²) >= 11 is 0. The van der Waals surface area contributed by atoms with Gasteiger partial charge in [-0.15, -0.1) is 5.10 Å². The van der Waals surface area contributed by atoms with Gasteiger partial charge in [-0.25, -0.2) is 4.68 Å². The topological polar surface area (TPSA) is 102 Å². The van der Waals surface area contributed by atoms with Crippen LogP contribution in [0.2, 0.25) is 0 Å². The summed E-state index contributed by atoms with van der Waals surface area (Å²) in [6, 6.07) is 9.05. The molecule has 0 spiro atoms. The molecule has 2 aromatic heterocycles. The van der Waals surface area contributed by atoms with Crippen molar-refractivity contribution in [2.45, 2.75) is 32.2 Å². The summed E-state index contributed by atoms with van der Waals surface area (Å²) in [6.45, 7) is 2.44. The summed E-state index contributed by atoms with van der Waals surface area (Å²) < 4.78 is 1.62. The third-order valence-corrected chi connectivity index (χ3v) is 4.78. The smallest absolute Gasteiger partial charge is 0.274 e. The fraction of sp³-hybridized carbons (Fsp3) is 0.316. The Kier molecular flexibility index (Phi) is 4.53. The third kappa shape index (κ3) is 3.38. The summed E-state index contributed by atoms with van der Waals surface area (Å²) in [7, 11) is 0. The first-order valence-corrected chi connectivity index (χ1v) is 8.99. The van der Waals surface area contributed by atoms with Crippen LogP contribution in [0.1, 0.15) is 35.4 Å². The number of benzene rings is 1. The molecule has 2 amide bonds. The van der Waals surface area contributed by atoms with Crippen LogP contribution >= 0.6 is 0 Å². The van der Waals surface area contributed by atoms with Gasteiger partial charge in [0.25, 0.3) is 5.91 Å². The van der Waals surface area contributed by atoms with E-state index in [4.69, 9.17) is 0 Å². The molecule has 8 heteroatoms. The maximum Gasteiger partial charge on any atom is 0.274 e. The molecule has 8 nitrogen and oxygen atoms in total. The van der Waals surface area contributed by atoms with Crippen LogP contribution in [0, 0.1) is 6.92 Å². The van der Waals surface area contributed by atoms with Crippen LogP contribution in [-0.2, 0) is 4.79 Å². The van der Waals surface area contributed by atoms with Gasteiger partial charge in [-0.05, 0) is 50.5 Å². The molecule has 1 aliphatic heterocycles. The molecule has 1 saturated heterocycles. The minimum absolute atomic E-state index is 0.145. The van der Waals surface area contributed by atoms with Gasteiger partial charge in [-0.1, -0.05) is 11.3 Å². The Morgan fingerprint density at radius 1 is 1.30 bits per heavy atom. The fourth-order valence-corrected chi connectivity index (χ4v) is 3.28. The molecule has 0 saturated carbocycles. The van der Waals surface area contributed by atoms with Gasteiger partial charge < -0.3 is 10.6 Å². The summed E-state index contributed by atoms with van der Waals surface area (Å²) in [5.74, 6) is -0.531. The number of nitrogens with one attached hydrogen (secondary N) is 2. The summed E-state index contributed by atoms with van der Waals surface area (Å²) in [5.41, 5.74) is 2.52. The number of fused-ring (bicyclic) bond motifs is 1. The van der Waals surface area contributed by atoms with Crippen LogP contribution in [0.15, 0.2) is 36.5 Å². The molecule has 138 valence electrons. The monoisotopic (exact) mass is 364 g/mol. The zero-order valence-corrected chi connectivity index (χ0v) is 15.0.